The molecule has 2 unspecified atom stereocenters. The number of aryl methyl sites for hydroxylation is 2. The monoisotopic (exact) mass is 584 g/mol. The van der Waals surface area contributed by atoms with E-state index in [1.54, 1.807) is 45.3 Å². The number of aromatic nitrogens is 2. The number of nitrogens with zero attached hydrogens (tertiary/aromatic N) is 2. The molecule has 2 atom stereocenters. The molecule has 2 rings (SSSR count). The van der Waals surface area contributed by atoms with E-state index in [-0.39, 0.29) is 42.0 Å². The van der Waals surface area contributed by atoms with Crippen LogP contribution in [0.5, 0.6) is 0 Å². The van der Waals surface area contributed by atoms with Crippen LogP contribution in [0.15, 0.2) is 46.8 Å². The maximum atomic E-state index is 12.3. The highest BCUT2D eigenvalue weighted by Crippen LogP contribution is 2.21. The van der Waals surface area contributed by atoms with Gasteiger partial charge in [-0.1, -0.05) is 33.8 Å². The molecule has 0 aliphatic rings. The third-order valence-corrected chi connectivity index (χ3v) is 6.64. The molecule has 0 N–H and O–H groups in total. The highest BCUT2D eigenvalue weighted by Gasteiger charge is 2.25. The minimum Gasteiger partial charge on any atom is -0.464 e. The molecule has 2 aromatic rings. The summed E-state index contributed by atoms with van der Waals surface area (Å²) >= 11 is 0. The summed E-state index contributed by atoms with van der Waals surface area (Å²) in [5, 5.41) is 0. The number of hydrogen-bond acceptors (Lipinski definition) is 7. The Morgan fingerprint density at radius 2 is 1.17 bits per heavy atom. The van der Waals surface area contributed by atoms with E-state index in [1.807, 2.05) is 34.6 Å². The number of rotatable bonds is 14. The summed E-state index contributed by atoms with van der Waals surface area (Å²) in [6.45, 7) is 19.5. The number of aldehydes is 1. The molecule has 0 bridgehead atoms. The average molecular weight is 585 g/mol. The largest absolute Gasteiger partial charge is 0.464 e. The van der Waals surface area contributed by atoms with Crippen LogP contribution in [0.2, 0.25) is 0 Å². The number of ether oxygens (including phenoxy) is 2. The minimum absolute atomic E-state index is 0.168. The first-order valence-electron chi connectivity index (χ1n) is 14.6. The Balaban J connectivity index is 0.000000420. The second-order valence-corrected chi connectivity index (χ2v) is 11.1. The molecule has 0 amide bonds. The van der Waals surface area contributed by atoms with Gasteiger partial charge in [-0.15, -0.1) is 6.58 Å². The zero-order valence-electron chi connectivity index (χ0n) is 26.5. The van der Waals surface area contributed by atoms with Crippen LogP contribution in [0.25, 0.3) is 0 Å². The normalized spacial score (nSPS) is 12.2. The summed E-state index contributed by atoms with van der Waals surface area (Å²) in [5.41, 5.74) is 3.02. The zero-order chi connectivity index (χ0) is 32.0. The van der Waals surface area contributed by atoms with Crippen molar-refractivity contribution in [1.29, 1.82) is 0 Å². The van der Waals surface area contributed by atoms with Gasteiger partial charge in [-0.05, 0) is 81.0 Å². The maximum Gasteiger partial charge on any atom is 0.329 e. The van der Waals surface area contributed by atoms with Crippen molar-refractivity contribution in [3.05, 3.63) is 80.1 Å². The Morgan fingerprint density at radius 3 is 1.48 bits per heavy atom. The van der Waals surface area contributed by atoms with E-state index in [1.165, 1.54) is 15.2 Å². The molecule has 0 aliphatic carbocycles. The van der Waals surface area contributed by atoms with Crippen LogP contribution >= 0.6 is 0 Å². The van der Waals surface area contributed by atoms with Gasteiger partial charge in [0.05, 0.1) is 13.2 Å². The van der Waals surface area contributed by atoms with Crippen molar-refractivity contribution >= 4 is 18.2 Å². The average Bonchev–Trinajstić information content (AvgIpc) is 2.90. The van der Waals surface area contributed by atoms with Crippen LogP contribution in [-0.4, -0.2) is 40.6 Å². The first-order valence-corrected chi connectivity index (χ1v) is 14.6. The molecular formula is C33H48N2O7. The second kappa shape index (κ2) is 17.9. The van der Waals surface area contributed by atoms with E-state index in [0.717, 1.165) is 28.5 Å². The van der Waals surface area contributed by atoms with Crippen LogP contribution in [-0.2, 0) is 36.7 Å². The molecule has 0 radical (unpaired) electrons. The lowest BCUT2D eigenvalue weighted by Gasteiger charge is -2.21. The Kier molecular flexibility index (Phi) is 15.5. The third kappa shape index (κ3) is 10.9. The molecule has 0 fully saturated rings. The van der Waals surface area contributed by atoms with Crippen molar-refractivity contribution in [2.24, 2.45) is 11.8 Å². The van der Waals surface area contributed by atoms with Gasteiger partial charge < -0.3 is 23.4 Å². The summed E-state index contributed by atoms with van der Waals surface area (Å²) in [6.07, 6.45) is 7.95. The number of hydrogen-bond donors (Lipinski definition) is 0. The van der Waals surface area contributed by atoms with Crippen molar-refractivity contribution in [3.63, 3.8) is 0 Å². The van der Waals surface area contributed by atoms with Gasteiger partial charge in [-0.25, -0.2) is 9.59 Å². The van der Waals surface area contributed by atoms with E-state index in [2.05, 4.69) is 6.58 Å². The number of carbonyl (C=O) groups is 3. The lowest BCUT2D eigenvalue weighted by molar-refractivity contribution is -0.148. The van der Waals surface area contributed by atoms with E-state index in [9.17, 15) is 24.0 Å². The summed E-state index contributed by atoms with van der Waals surface area (Å²) in [7, 11) is 0. The molecule has 232 valence electrons. The smallest absolute Gasteiger partial charge is 0.329 e. The van der Waals surface area contributed by atoms with Gasteiger partial charge in [0.1, 0.15) is 18.4 Å². The fraction of sp³-hybridized carbons (Fsp3) is 0.545. The molecule has 0 saturated heterocycles. The van der Waals surface area contributed by atoms with Crippen molar-refractivity contribution < 1.29 is 23.9 Å². The van der Waals surface area contributed by atoms with Gasteiger partial charge in [-0.2, -0.15) is 0 Å². The Hall–Kier alpha value is -3.75. The number of allylic oxidation sites excluding steroid dienone is 1. The molecule has 9 nitrogen and oxygen atoms in total. The quantitative estimate of drug-likeness (QED) is 0.173. The second-order valence-electron chi connectivity index (χ2n) is 11.1. The number of pyridine rings is 2. The van der Waals surface area contributed by atoms with Crippen LogP contribution < -0.4 is 11.1 Å². The maximum absolute atomic E-state index is 12.3. The van der Waals surface area contributed by atoms with Crippen LogP contribution in [0, 0.1) is 25.7 Å². The zero-order valence-corrected chi connectivity index (χ0v) is 26.5. The van der Waals surface area contributed by atoms with Gasteiger partial charge in [0.15, 0.2) is 0 Å². The van der Waals surface area contributed by atoms with Crippen LogP contribution in [0.1, 0.15) is 88.7 Å². The van der Waals surface area contributed by atoms with Gasteiger partial charge >= 0.3 is 11.9 Å². The highest BCUT2D eigenvalue weighted by molar-refractivity contribution is 5.74. The molecule has 0 aromatic carbocycles. The standard InChI is InChI=1S/C17H25NO3.C16H23NO4/c1-6-8-14-11-18(16(19)10-13(14)5)15(9-12(3)4)17(20)21-7-2;1-5-21-16(20)14(8-11(2)3)17-10-13(6-7-18)12(4)9-15(17)19/h6,10-12,15H,1,7-9H2,2-5H3;7,9-11,14H,5-6,8H2,1-4H3. The summed E-state index contributed by atoms with van der Waals surface area (Å²) in [5.74, 6) is -0.228. The first-order chi connectivity index (χ1) is 19.8. The van der Waals surface area contributed by atoms with E-state index in [0.29, 0.717) is 25.9 Å². The van der Waals surface area contributed by atoms with E-state index < -0.39 is 18.1 Å². The summed E-state index contributed by atoms with van der Waals surface area (Å²) < 4.78 is 13.1. The summed E-state index contributed by atoms with van der Waals surface area (Å²) in [4.78, 5) is 59.5. The van der Waals surface area contributed by atoms with Crippen molar-refractivity contribution in [1.82, 2.24) is 9.13 Å². The van der Waals surface area contributed by atoms with Gasteiger partial charge in [0.2, 0.25) is 0 Å². The molecule has 0 saturated carbocycles. The lowest BCUT2D eigenvalue weighted by Crippen LogP contribution is -2.32. The number of esters is 2. The molecule has 42 heavy (non-hydrogen) atoms. The third-order valence-electron chi connectivity index (χ3n) is 6.64. The van der Waals surface area contributed by atoms with E-state index >= 15 is 0 Å². The predicted octanol–water partition coefficient (Wildman–Crippen LogP) is 5.08. The molecular weight excluding hydrogens is 536 g/mol. The molecule has 0 spiro atoms. The number of carbonyl (C=O) groups excluding carboxylic acids is 3. The van der Waals surface area contributed by atoms with Crippen molar-refractivity contribution in [2.45, 2.75) is 93.2 Å². The molecule has 0 aliphatic heterocycles. The Morgan fingerprint density at radius 1 is 0.786 bits per heavy atom. The Labute approximate surface area is 249 Å². The minimum atomic E-state index is -0.650. The predicted molar refractivity (Wildman–Crippen MR) is 165 cm³/mol. The van der Waals surface area contributed by atoms with Gasteiger partial charge in [-0.3, -0.25) is 9.59 Å². The lowest BCUT2D eigenvalue weighted by atomic mass is 10.0. The summed E-state index contributed by atoms with van der Waals surface area (Å²) in [6, 6.07) is 1.82. The van der Waals surface area contributed by atoms with Crippen LogP contribution in [0.3, 0.4) is 0 Å². The molecule has 2 aromatic heterocycles. The van der Waals surface area contributed by atoms with Gasteiger partial charge in [0.25, 0.3) is 11.1 Å². The fourth-order valence-electron chi connectivity index (χ4n) is 4.55. The molecule has 9 heteroatoms. The fourth-order valence-corrected chi connectivity index (χ4v) is 4.55. The SMILES string of the molecule is C=CCc1cn(C(CC(C)C)C(=O)OCC)c(=O)cc1C.CCOC(=O)C(CC(C)C)n1cc(CC=O)c(C)cc1=O. The highest BCUT2D eigenvalue weighted by atomic mass is 16.5. The van der Waals surface area contributed by atoms with Gasteiger partial charge in [0, 0.05) is 30.9 Å². The van der Waals surface area contributed by atoms with Crippen molar-refractivity contribution in [2.75, 3.05) is 13.2 Å². The van der Waals surface area contributed by atoms with Crippen LogP contribution in [0.4, 0.5) is 0 Å². The first kappa shape index (κ1) is 36.3. The van der Waals surface area contributed by atoms with E-state index in [4.69, 9.17) is 9.47 Å². The Bertz CT molecular complexity index is 1220. The van der Waals surface area contributed by atoms with Crippen molar-refractivity contribution in [3.8, 4) is 0 Å². The molecule has 2 heterocycles. The topological polar surface area (TPSA) is 114 Å².